The zero-order valence-electron chi connectivity index (χ0n) is 9.55. The van der Waals surface area contributed by atoms with E-state index in [1.165, 1.54) is 12.5 Å². The Morgan fingerprint density at radius 2 is 2.28 bits per heavy atom. The Kier molecular flexibility index (Phi) is 3.82. The molecule has 0 aliphatic rings. The van der Waals surface area contributed by atoms with Gasteiger partial charge in [-0.3, -0.25) is 15.7 Å². The minimum Gasteiger partial charge on any atom is -0.350 e. The van der Waals surface area contributed by atoms with Crippen molar-refractivity contribution in [3.05, 3.63) is 36.2 Å². The summed E-state index contributed by atoms with van der Waals surface area (Å²) in [7, 11) is 0. The monoisotopic (exact) mass is 247 g/mol. The predicted octanol–water partition coefficient (Wildman–Crippen LogP) is -0.542. The highest BCUT2D eigenvalue weighted by atomic mass is 16.1. The Hall–Kier alpha value is -2.48. The maximum absolute atomic E-state index is 11.7. The summed E-state index contributed by atoms with van der Waals surface area (Å²) in [6.07, 6.45) is 3.51. The van der Waals surface area contributed by atoms with Crippen molar-refractivity contribution in [2.75, 3.05) is 12.0 Å². The third kappa shape index (κ3) is 3.01. The summed E-state index contributed by atoms with van der Waals surface area (Å²) >= 11 is 0. The van der Waals surface area contributed by atoms with Gasteiger partial charge < -0.3 is 10.7 Å². The lowest BCUT2D eigenvalue weighted by Crippen LogP contribution is -2.26. The van der Waals surface area contributed by atoms with E-state index in [9.17, 15) is 4.79 Å². The molecule has 2 heterocycles. The highest BCUT2D eigenvalue weighted by molar-refractivity contribution is 5.92. The van der Waals surface area contributed by atoms with E-state index in [0.29, 0.717) is 24.3 Å². The number of nitrogens with zero attached hydrogens (tertiary/aromatic N) is 3. The Morgan fingerprint density at radius 3 is 2.89 bits per heavy atom. The number of nitrogens with two attached hydrogens (primary N) is 1. The van der Waals surface area contributed by atoms with Crippen LogP contribution in [-0.4, -0.2) is 32.6 Å². The molecule has 0 aliphatic carbocycles. The number of rotatable bonds is 5. The van der Waals surface area contributed by atoms with Gasteiger partial charge in [0, 0.05) is 13.0 Å². The fourth-order valence-corrected chi connectivity index (χ4v) is 1.35. The molecule has 0 saturated carbocycles. The minimum absolute atomic E-state index is 0.238. The van der Waals surface area contributed by atoms with Gasteiger partial charge in [-0.1, -0.05) is 0 Å². The molecule has 8 heteroatoms. The van der Waals surface area contributed by atoms with E-state index in [1.54, 1.807) is 12.1 Å². The van der Waals surface area contributed by atoms with Gasteiger partial charge in [-0.05, 0) is 12.1 Å². The van der Waals surface area contributed by atoms with E-state index in [-0.39, 0.29) is 5.91 Å². The smallest absolute Gasteiger partial charge is 0.269 e. The van der Waals surface area contributed by atoms with E-state index in [2.05, 4.69) is 30.9 Å². The number of hydrazine groups is 1. The van der Waals surface area contributed by atoms with Gasteiger partial charge in [0.15, 0.2) is 0 Å². The first kappa shape index (κ1) is 12.0. The number of H-pyrrole nitrogens is 1. The van der Waals surface area contributed by atoms with E-state index in [4.69, 9.17) is 5.84 Å². The third-order valence-corrected chi connectivity index (χ3v) is 2.28. The lowest BCUT2D eigenvalue weighted by molar-refractivity contribution is 0.0949. The van der Waals surface area contributed by atoms with Crippen LogP contribution in [0.3, 0.4) is 0 Å². The molecular weight excluding hydrogens is 234 g/mol. The van der Waals surface area contributed by atoms with Crippen molar-refractivity contribution in [3.63, 3.8) is 0 Å². The van der Waals surface area contributed by atoms with Gasteiger partial charge in [0.25, 0.3) is 5.91 Å². The van der Waals surface area contributed by atoms with Crippen LogP contribution in [0.15, 0.2) is 24.7 Å². The van der Waals surface area contributed by atoms with Crippen molar-refractivity contribution < 1.29 is 4.79 Å². The van der Waals surface area contributed by atoms with Crippen molar-refractivity contribution >= 4 is 11.6 Å². The molecule has 1 amide bonds. The van der Waals surface area contributed by atoms with Crippen molar-refractivity contribution in [1.29, 1.82) is 0 Å². The van der Waals surface area contributed by atoms with Crippen LogP contribution in [0.5, 0.6) is 0 Å². The average Bonchev–Trinajstić information content (AvgIpc) is 2.92. The zero-order chi connectivity index (χ0) is 12.8. The normalized spacial score (nSPS) is 10.1. The number of hydrogen-bond donors (Lipinski definition) is 4. The predicted molar refractivity (Wildman–Crippen MR) is 64.5 cm³/mol. The van der Waals surface area contributed by atoms with Crippen molar-refractivity contribution in [2.45, 2.75) is 6.42 Å². The van der Waals surface area contributed by atoms with E-state index in [0.717, 1.165) is 5.82 Å². The number of aromatic nitrogens is 4. The largest absolute Gasteiger partial charge is 0.350 e. The molecule has 18 heavy (non-hydrogen) atoms. The number of aromatic amines is 1. The van der Waals surface area contributed by atoms with Crippen molar-refractivity contribution in [1.82, 2.24) is 25.5 Å². The molecule has 0 bridgehead atoms. The second kappa shape index (κ2) is 5.73. The quantitative estimate of drug-likeness (QED) is 0.416. The van der Waals surface area contributed by atoms with Crippen LogP contribution in [0.25, 0.3) is 0 Å². The first-order valence-electron chi connectivity index (χ1n) is 5.34. The standard InChI is InChI=1S/C10H13N7O/c11-16-7-1-2-8(13-5-7)10(18)12-4-3-9-14-6-15-17-9/h1-2,5-6,16H,3-4,11H2,(H,12,18)(H,14,15,17). The Bertz CT molecular complexity index is 493. The highest BCUT2D eigenvalue weighted by Crippen LogP contribution is 2.03. The summed E-state index contributed by atoms with van der Waals surface area (Å²) in [5.74, 6) is 5.69. The van der Waals surface area contributed by atoms with Gasteiger partial charge in [0.1, 0.15) is 17.8 Å². The molecule has 8 nitrogen and oxygen atoms in total. The van der Waals surface area contributed by atoms with Crippen LogP contribution in [0.2, 0.25) is 0 Å². The molecule has 2 aromatic rings. The molecule has 0 spiro atoms. The number of carbonyl (C=O) groups is 1. The molecule has 0 atom stereocenters. The SMILES string of the molecule is NNc1ccc(C(=O)NCCc2ncn[nH]2)nc1. The second-order valence-corrected chi connectivity index (χ2v) is 3.51. The molecule has 0 saturated heterocycles. The highest BCUT2D eigenvalue weighted by Gasteiger charge is 2.06. The van der Waals surface area contributed by atoms with Gasteiger partial charge in [0.05, 0.1) is 11.9 Å². The third-order valence-electron chi connectivity index (χ3n) is 2.28. The zero-order valence-corrected chi connectivity index (χ0v) is 9.55. The summed E-state index contributed by atoms with van der Waals surface area (Å²) < 4.78 is 0. The van der Waals surface area contributed by atoms with Gasteiger partial charge >= 0.3 is 0 Å². The van der Waals surface area contributed by atoms with Gasteiger partial charge in [-0.15, -0.1) is 0 Å². The maximum atomic E-state index is 11.7. The Labute approximate surface area is 103 Å². The van der Waals surface area contributed by atoms with Gasteiger partial charge in [0.2, 0.25) is 0 Å². The van der Waals surface area contributed by atoms with Crippen LogP contribution in [0, 0.1) is 0 Å². The minimum atomic E-state index is -0.238. The summed E-state index contributed by atoms with van der Waals surface area (Å²) in [4.78, 5) is 19.6. The van der Waals surface area contributed by atoms with E-state index < -0.39 is 0 Å². The number of nitrogens with one attached hydrogen (secondary N) is 3. The van der Waals surface area contributed by atoms with Crippen LogP contribution in [0.1, 0.15) is 16.3 Å². The number of carbonyl (C=O) groups excluding carboxylic acids is 1. The number of amides is 1. The molecule has 2 aromatic heterocycles. The first-order chi connectivity index (χ1) is 8.79. The van der Waals surface area contributed by atoms with Crippen molar-refractivity contribution in [3.8, 4) is 0 Å². The van der Waals surface area contributed by atoms with Crippen LogP contribution >= 0.6 is 0 Å². The molecule has 0 unspecified atom stereocenters. The summed E-state index contributed by atoms with van der Waals surface area (Å²) in [5, 5.41) is 9.17. The fraction of sp³-hybridized carbons (Fsp3) is 0.200. The molecule has 0 fully saturated rings. The van der Waals surface area contributed by atoms with E-state index in [1.807, 2.05) is 0 Å². The number of anilines is 1. The van der Waals surface area contributed by atoms with E-state index >= 15 is 0 Å². The lowest BCUT2D eigenvalue weighted by Gasteiger charge is -2.04. The topological polar surface area (TPSA) is 122 Å². The molecular formula is C10H13N7O. The molecule has 94 valence electrons. The number of pyridine rings is 1. The molecule has 2 rings (SSSR count). The molecule has 0 aliphatic heterocycles. The number of nitrogen functional groups attached to an aromatic ring is 1. The van der Waals surface area contributed by atoms with Crippen LogP contribution in [-0.2, 0) is 6.42 Å². The summed E-state index contributed by atoms with van der Waals surface area (Å²) in [6, 6.07) is 3.28. The molecule has 0 aromatic carbocycles. The Balaban J connectivity index is 1.83. The summed E-state index contributed by atoms with van der Waals surface area (Å²) in [5.41, 5.74) is 3.43. The lowest BCUT2D eigenvalue weighted by atomic mass is 10.3. The first-order valence-corrected chi connectivity index (χ1v) is 5.34. The average molecular weight is 247 g/mol. The molecule has 5 N–H and O–H groups in total. The van der Waals surface area contributed by atoms with Gasteiger partial charge in [-0.2, -0.15) is 5.10 Å². The van der Waals surface area contributed by atoms with Gasteiger partial charge in [-0.25, -0.2) is 9.97 Å². The van der Waals surface area contributed by atoms with Crippen LogP contribution in [0.4, 0.5) is 5.69 Å². The fourth-order valence-electron chi connectivity index (χ4n) is 1.35. The molecule has 0 radical (unpaired) electrons. The second-order valence-electron chi connectivity index (χ2n) is 3.51. The van der Waals surface area contributed by atoms with Crippen LogP contribution < -0.4 is 16.6 Å². The maximum Gasteiger partial charge on any atom is 0.269 e. The Morgan fingerprint density at radius 1 is 1.39 bits per heavy atom. The summed E-state index contributed by atoms with van der Waals surface area (Å²) in [6.45, 7) is 0.465. The number of hydrogen-bond acceptors (Lipinski definition) is 6. The van der Waals surface area contributed by atoms with Crippen molar-refractivity contribution in [2.24, 2.45) is 5.84 Å².